The molecule has 0 aliphatic rings. The summed E-state index contributed by atoms with van der Waals surface area (Å²) < 4.78 is 15.4. The molecule has 0 spiro atoms. The standard InChI is InChI=1S/C19H18N2O5/c1-13(19(23)21-15-7-5-8-16(10-15)24-2)26-18(22)12-25-17-9-4-3-6-14(17)11-20/h3-10,13H,12H2,1-2H3,(H,21,23)/t13-/m1/s1. The van der Waals surface area contributed by atoms with Crippen LogP contribution in [-0.2, 0) is 14.3 Å². The largest absolute Gasteiger partial charge is 0.497 e. The van der Waals surface area contributed by atoms with Crippen molar-refractivity contribution in [2.45, 2.75) is 13.0 Å². The van der Waals surface area contributed by atoms with Crippen LogP contribution in [0.1, 0.15) is 12.5 Å². The van der Waals surface area contributed by atoms with E-state index in [2.05, 4.69) is 5.32 Å². The lowest BCUT2D eigenvalue weighted by atomic mass is 10.2. The van der Waals surface area contributed by atoms with Gasteiger partial charge in [0, 0.05) is 11.8 Å². The number of para-hydroxylation sites is 1. The monoisotopic (exact) mass is 354 g/mol. The Morgan fingerprint density at radius 1 is 1.19 bits per heavy atom. The van der Waals surface area contributed by atoms with Gasteiger partial charge in [0.1, 0.15) is 17.6 Å². The van der Waals surface area contributed by atoms with Crippen LogP contribution in [0.4, 0.5) is 5.69 Å². The van der Waals surface area contributed by atoms with Gasteiger partial charge in [-0.2, -0.15) is 5.26 Å². The van der Waals surface area contributed by atoms with Crippen LogP contribution in [0.3, 0.4) is 0 Å². The third kappa shape index (κ3) is 5.24. The van der Waals surface area contributed by atoms with E-state index in [1.165, 1.54) is 14.0 Å². The SMILES string of the molecule is COc1cccc(NC(=O)[C@@H](C)OC(=O)COc2ccccc2C#N)c1. The van der Waals surface area contributed by atoms with Crippen LogP contribution in [0.15, 0.2) is 48.5 Å². The highest BCUT2D eigenvalue weighted by atomic mass is 16.6. The zero-order valence-electron chi connectivity index (χ0n) is 14.4. The van der Waals surface area contributed by atoms with Gasteiger partial charge in [0.05, 0.1) is 12.7 Å². The fourth-order valence-corrected chi connectivity index (χ4v) is 2.05. The molecule has 1 amide bonds. The van der Waals surface area contributed by atoms with Crippen molar-refractivity contribution in [1.82, 2.24) is 0 Å². The van der Waals surface area contributed by atoms with Gasteiger partial charge in [-0.25, -0.2) is 4.79 Å². The second-order valence-corrected chi connectivity index (χ2v) is 5.25. The first-order valence-corrected chi connectivity index (χ1v) is 7.80. The quantitative estimate of drug-likeness (QED) is 0.767. The molecule has 7 heteroatoms. The Morgan fingerprint density at radius 2 is 1.96 bits per heavy atom. The summed E-state index contributed by atoms with van der Waals surface area (Å²) in [6.07, 6.45) is -1.01. The first kappa shape index (κ1) is 18.8. The molecule has 0 heterocycles. The minimum absolute atomic E-state index is 0.278. The summed E-state index contributed by atoms with van der Waals surface area (Å²) >= 11 is 0. The maximum atomic E-state index is 12.1. The van der Waals surface area contributed by atoms with Gasteiger partial charge in [0.15, 0.2) is 12.7 Å². The Balaban J connectivity index is 1.86. The summed E-state index contributed by atoms with van der Waals surface area (Å²) in [6, 6.07) is 15.3. The Kier molecular flexibility index (Phi) is 6.57. The van der Waals surface area contributed by atoms with Crippen molar-refractivity contribution in [1.29, 1.82) is 5.26 Å². The van der Waals surface area contributed by atoms with Gasteiger partial charge in [0.25, 0.3) is 5.91 Å². The number of carbonyl (C=O) groups is 2. The summed E-state index contributed by atoms with van der Waals surface area (Å²) in [7, 11) is 1.52. The summed E-state index contributed by atoms with van der Waals surface area (Å²) in [5, 5.41) is 11.6. The summed E-state index contributed by atoms with van der Waals surface area (Å²) in [6.45, 7) is 1.05. The molecule has 0 saturated heterocycles. The summed E-state index contributed by atoms with van der Waals surface area (Å²) in [4.78, 5) is 24.0. The molecular formula is C19H18N2O5. The van der Waals surface area contributed by atoms with Gasteiger partial charge in [-0.05, 0) is 31.2 Å². The van der Waals surface area contributed by atoms with E-state index >= 15 is 0 Å². The van der Waals surface area contributed by atoms with Crippen LogP contribution in [-0.4, -0.2) is 31.7 Å². The number of carbonyl (C=O) groups excluding carboxylic acids is 2. The second-order valence-electron chi connectivity index (χ2n) is 5.25. The van der Waals surface area contributed by atoms with E-state index in [9.17, 15) is 9.59 Å². The number of methoxy groups -OCH3 is 1. The summed E-state index contributed by atoms with van der Waals surface area (Å²) in [5.41, 5.74) is 0.834. The number of rotatable bonds is 7. The third-order valence-electron chi connectivity index (χ3n) is 3.37. The minimum atomic E-state index is -1.01. The molecule has 2 rings (SSSR count). The van der Waals surface area contributed by atoms with Gasteiger partial charge < -0.3 is 19.5 Å². The zero-order valence-corrected chi connectivity index (χ0v) is 14.4. The molecule has 2 aromatic rings. The molecule has 26 heavy (non-hydrogen) atoms. The molecule has 1 N–H and O–H groups in total. The number of esters is 1. The molecule has 0 aliphatic heterocycles. The lowest BCUT2D eigenvalue weighted by Gasteiger charge is -2.14. The fourth-order valence-electron chi connectivity index (χ4n) is 2.05. The van der Waals surface area contributed by atoms with E-state index in [-0.39, 0.29) is 5.75 Å². The van der Waals surface area contributed by atoms with Crippen molar-refractivity contribution in [3.63, 3.8) is 0 Å². The molecule has 7 nitrogen and oxygen atoms in total. The van der Waals surface area contributed by atoms with Gasteiger partial charge in [-0.15, -0.1) is 0 Å². The van der Waals surface area contributed by atoms with Gasteiger partial charge >= 0.3 is 5.97 Å². The summed E-state index contributed by atoms with van der Waals surface area (Å²) in [5.74, 6) is -0.326. The number of nitrogens with zero attached hydrogens (tertiary/aromatic N) is 1. The van der Waals surface area contributed by atoms with Crippen molar-refractivity contribution < 1.29 is 23.8 Å². The predicted molar refractivity (Wildman–Crippen MR) is 93.8 cm³/mol. The van der Waals surface area contributed by atoms with E-state index in [1.807, 2.05) is 6.07 Å². The van der Waals surface area contributed by atoms with Gasteiger partial charge in [0.2, 0.25) is 0 Å². The normalized spacial score (nSPS) is 11.0. The molecule has 0 aliphatic carbocycles. The Labute approximate surface area is 151 Å². The third-order valence-corrected chi connectivity index (χ3v) is 3.37. The maximum absolute atomic E-state index is 12.1. The van der Waals surface area contributed by atoms with E-state index in [0.29, 0.717) is 17.0 Å². The second kappa shape index (κ2) is 9.08. The molecule has 134 valence electrons. The number of nitriles is 1. The van der Waals surface area contributed by atoms with E-state index in [0.717, 1.165) is 0 Å². The van der Waals surface area contributed by atoms with E-state index in [4.69, 9.17) is 19.5 Å². The van der Waals surface area contributed by atoms with Crippen molar-refractivity contribution in [3.05, 3.63) is 54.1 Å². The van der Waals surface area contributed by atoms with Crippen molar-refractivity contribution in [3.8, 4) is 17.6 Å². The van der Waals surface area contributed by atoms with Crippen LogP contribution in [0.25, 0.3) is 0 Å². The number of hydrogen-bond acceptors (Lipinski definition) is 6. The highest BCUT2D eigenvalue weighted by molar-refractivity contribution is 5.95. The minimum Gasteiger partial charge on any atom is -0.497 e. The molecule has 0 radical (unpaired) electrons. The van der Waals surface area contributed by atoms with Crippen molar-refractivity contribution >= 4 is 17.6 Å². The smallest absolute Gasteiger partial charge is 0.344 e. The lowest BCUT2D eigenvalue weighted by molar-refractivity contribution is -0.155. The predicted octanol–water partition coefficient (Wildman–Crippen LogP) is 2.52. The van der Waals surface area contributed by atoms with Crippen LogP contribution in [0.2, 0.25) is 0 Å². The first-order valence-electron chi connectivity index (χ1n) is 7.80. The molecule has 2 aromatic carbocycles. The van der Waals surface area contributed by atoms with Crippen LogP contribution < -0.4 is 14.8 Å². The average Bonchev–Trinajstić information content (AvgIpc) is 2.66. The Bertz CT molecular complexity index is 829. The zero-order chi connectivity index (χ0) is 18.9. The van der Waals surface area contributed by atoms with E-state index < -0.39 is 24.6 Å². The van der Waals surface area contributed by atoms with Crippen LogP contribution >= 0.6 is 0 Å². The highest BCUT2D eigenvalue weighted by Gasteiger charge is 2.18. The molecular weight excluding hydrogens is 336 g/mol. The molecule has 0 aromatic heterocycles. The molecule has 0 fully saturated rings. The molecule has 1 atom stereocenters. The highest BCUT2D eigenvalue weighted by Crippen LogP contribution is 2.18. The Hall–Kier alpha value is -3.53. The van der Waals surface area contributed by atoms with Crippen LogP contribution in [0, 0.1) is 11.3 Å². The van der Waals surface area contributed by atoms with E-state index in [1.54, 1.807) is 48.5 Å². The lowest BCUT2D eigenvalue weighted by Crippen LogP contribution is -2.31. The number of nitrogens with one attached hydrogen (secondary N) is 1. The Morgan fingerprint density at radius 3 is 2.69 bits per heavy atom. The number of benzene rings is 2. The van der Waals surface area contributed by atoms with Crippen molar-refractivity contribution in [2.24, 2.45) is 0 Å². The topological polar surface area (TPSA) is 97.7 Å². The number of hydrogen-bond donors (Lipinski definition) is 1. The molecule has 0 unspecified atom stereocenters. The van der Waals surface area contributed by atoms with Gasteiger partial charge in [-0.1, -0.05) is 18.2 Å². The van der Waals surface area contributed by atoms with Crippen LogP contribution in [0.5, 0.6) is 11.5 Å². The average molecular weight is 354 g/mol. The number of ether oxygens (including phenoxy) is 3. The maximum Gasteiger partial charge on any atom is 0.344 e. The first-order chi connectivity index (χ1) is 12.5. The number of amides is 1. The fraction of sp³-hybridized carbons (Fsp3) is 0.211. The van der Waals surface area contributed by atoms with Gasteiger partial charge in [-0.3, -0.25) is 4.79 Å². The number of anilines is 1. The molecule has 0 bridgehead atoms. The molecule has 0 saturated carbocycles. The van der Waals surface area contributed by atoms with Crippen molar-refractivity contribution in [2.75, 3.05) is 19.0 Å².